The minimum atomic E-state index is -4.72. The van der Waals surface area contributed by atoms with Crippen LogP contribution in [0.1, 0.15) is 24.9 Å². The lowest BCUT2D eigenvalue weighted by atomic mass is 9.93. The summed E-state index contributed by atoms with van der Waals surface area (Å²) in [4.78, 5) is 0. The van der Waals surface area contributed by atoms with Crippen molar-refractivity contribution in [2.24, 2.45) is 11.7 Å². The van der Waals surface area contributed by atoms with Gasteiger partial charge in [-0.05, 0) is 18.4 Å². The summed E-state index contributed by atoms with van der Waals surface area (Å²) in [5.41, 5.74) is 6.36. The van der Waals surface area contributed by atoms with Crippen molar-refractivity contribution in [3.05, 3.63) is 29.8 Å². The van der Waals surface area contributed by atoms with E-state index in [1.54, 1.807) is 12.1 Å². The molecule has 1 aromatic rings. The Morgan fingerprint density at radius 2 is 2.05 bits per heavy atom. The summed E-state index contributed by atoms with van der Waals surface area (Å²) in [6, 6.07) is 5.30. The molecule has 1 aliphatic rings. The van der Waals surface area contributed by atoms with Crippen LogP contribution in [-0.2, 0) is 4.74 Å². The summed E-state index contributed by atoms with van der Waals surface area (Å²) in [6.45, 7) is 2.56. The molecule has 0 bridgehead atoms. The van der Waals surface area contributed by atoms with E-state index < -0.39 is 12.4 Å². The summed E-state index contributed by atoms with van der Waals surface area (Å²) < 4.78 is 46.6. The first-order valence-electron chi connectivity index (χ1n) is 6.10. The highest BCUT2D eigenvalue weighted by Gasteiger charge is 2.36. The van der Waals surface area contributed by atoms with E-state index in [1.165, 1.54) is 12.1 Å². The van der Waals surface area contributed by atoms with Gasteiger partial charge < -0.3 is 15.2 Å². The molecule has 1 heterocycles. The van der Waals surface area contributed by atoms with Crippen LogP contribution in [0.3, 0.4) is 0 Å². The second-order valence-electron chi connectivity index (χ2n) is 4.71. The molecule has 2 rings (SSSR count). The maximum atomic E-state index is 12.3. The predicted octanol–water partition coefficient (Wildman–Crippen LogP) is 3.01. The van der Waals surface area contributed by atoms with E-state index >= 15 is 0 Å². The number of hydrogen-bond donors (Lipinski definition) is 1. The Kier molecular flexibility index (Phi) is 4.01. The molecule has 2 N–H and O–H groups in total. The van der Waals surface area contributed by atoms with E-state index in [-0.39, 0.29) is 17.8 Å². The number of hydrogen-bond acceptors (Lipinski definition) is 3. The van der Waals surface area contributed by atoms with Gasteiger partial charge in [0.15, 0.2) is 0 Å². The molecule has 3 atom stereocenters. The van der Waals surface area contributed by atoms with Crippen molar-refractivity contribution >= 4 is 0 Å². The smallest absolute Gasteiger partial charge is 0.405 e. The van der Waals surface area contributed by atoms with Gasteiger partial charge in [-0.1, -0.05) is 25.1 Å². The third kappa shape index (κ3) is 3.39. The first-order chi connectivity index (χ1) is 8.88. The average Bonchev–Trinajstić information content (AvgIpc) is 2.73. The van der Waals surface area contributed by atoms with Crippen LogP contribution in [0.15, 0.2) is 24.3 Å². The second-order valence-corrected chi connectivity index (χ2v) is 4.71. The van der Waals surface area contributed by atoms with Crippen molar-refractivity contribution in [2.45, 2.75) is 31.9 Å². The monoisotopic (exact) mass is 275 g/mol. The standard InChI is InChI=1S/C13H16F3NO2/c1-8-6-7-18-12(8)11(17)9-4-2-3-5-10(9)19-13(14,15)16/h2-5,8,11-12H,6-7,17H2,1H3. The molecule has 0 saturated carbocycles. The number of alkyl halides is 3. The Bertz CT molecular complexity index is 436. The van der Waals surface area contributed by atoms with Crippen LogP contribution in [0.4, 0.5) is 13.2 Å². The quantitative estimate of drug-likeness (QED) is 0.922. The molecule has 0 spiro atoms. The topological polar surface area (TPSA) is 44.5 Å². The van der Waals surface area contributed by atoms with Crippen LogP contribution >= 0.6 is 0 Å². The van der Waals surface area contributed by atoms with Crippen molar-refractivity contribution in [3.63, 3.8) is 0 Å². The molecule has 0 amide bonds. The summed E-state index contributed by atoms with van der Waals surface area (Å²) in [5, 5.41) is 0. The first-order valence-corrected chi connectivity index (χ1v) is 6.10. The molecule has 1 saturated heterocycles. The Balaban J connectivity index is 2.23. The molecule has 0 radical (unpaired) electrons. The summed E-state index contributed by atoms with van der Waals surface area (Å²) >= 11 is 0. The highest BCUT2D eigenvalue weighted by atomic mass is 19.4. The lowest BCUT2D eigenvalue weighted by molar-refractivity contribution is -0.275. The van der Waals surface area contributed by atoms with Crippen LogP contribution < -0.4 is 10.5 Å². The number of rotatable bonds is 3. The third-order valence-corrected chi connectivity index (χ3v) is 3.30. The average molecular weight is 275 g/mol. The fourth-order valence-electron chi connectivity index (χ4n) is 2.33. The maximum Gasteiger partial charge on any atom is 0.573 e. The zero-order valence-electron chi connectivity index (χ0n) is 10.5. The molecule has 3 nitrogen and oxygen atoms in total. The van der Waals surface area contributed by atoms with E-state index in [0.717, 1.165) is 6.42 Å². The zero-order valence-corrected chi connectivity index (χ0v) is 10.5. The molecular weight excluding hydrogens is 259 g/mol. The Morgan fingerprint density at radius 1 is 1.37 bits per heavy atom. The van der Waals surface area contributed by atoms with Crippen molar-refractivity contribution < 1.29 is 22.6 Å². The van der Waals surface area contributed by atoms with Gasteiger partial charge >= 0.3 is 6.36 Å². The minimum absolute atomic E-state index is 0.217. The number of para-hydroxylation sites is 1. The Hall–Kier alpha value is -1.27. The maximum absolute atomic E-state index is 12.3. The summed E-state index contributed by atoms with van der Waals surface area (Å²) in [7, 11) is 0. The van der Waals surface area contributed by atoms with E-state index in [9.17, 15) is 13.2 Å². The molecular formula is C13H16F3NO2. The van der Waals surface area contributed by atoms with Gasteiger partial charge in [0.25, 0.3) is 0 Å². The summed E-state index contributed by atoms with van der Waals surface area (Å²) in [5.74, 6) is -0.0425. The Morgan fingerprint density at radius 3 is 2.63 bits per heavy atom. The van der Waals surface area contributed by atoms with E-state index in [4.69, 9.17) is 10.5 Å². The Labute approximate surface area is 109 Å². The van der Waals surface area contributed by atoms with Crippen LogP contribution in [0.2, 0.25) is 0 Å². The van der Waals surface area contributed by atoms with Crippen LogP contribution in [-0.4, -0.2) is 19.1 Å². The second kappa shape index (κ2) is 5.38. The SMILES string of the molecule is CC1CCOC1C(N)c1ccccc1OC(F)(F)F. The molecule has 106 valence electrons. The third-order valence-electron chi connectivity index (χ3n) is 3.30. The van der Waals surface area contributed by atoms with Gasteiger partial charge in [0.2, 0.25) is 0 Å². The molecule has 1 fully saturated rings. The van der Waals surface area contributed by atoms with Crippen molar-refractivity contribution in [3.8, 4) is 5.75 Å². The molecule has 0 aromatic heterocycles. The number of benzene rings is 1. The lowest BCUT2D eigenvalue weighted by Crippen LogP contribution is -2.31. The van der Waals surface area contributed by atoms with Gasteiger partial charge in [0, 0.05) is 12.2 Å². The molecule has 19 heavy (non-hydrogen) atoms. The largest absolute Gasteiger partial charge is 0.573 e. The fourth-order valence-corrected chi connectivity index (χ4v) is 2.33. The van der Waals surface area contributed by atoms with Gasteiger partial charge in [-0.2, -0.15) is 0 Å². The van der Waals surface area contributed by atoms with Crippen molar-refractivity contribution in [2.75, 3.05) is 6.61 Å². The fraction of sp³-hybridized carbons (Fsp3) is 0.538. The van der Waals surface area contributed by atoms with Gasteiger partial charge in [-0.3, -0.25) is 0 Å². The highest BCUT2D eigenvalue weighted by Crippen LogP contribution is 2.35. The summed E-state index contributed by atoms with van der Waals surface area (Å²) in [6.07, 6.45) is -4.14. The normalized spacial score (nSPS) is 25.3. The molecule has 3 unspecified atom stereocenters. The van der Waals surface area contributed by atoms with Gasteiger partial charge in [-0.25, -0.2) is 0 Å². The molecule has 0 aliphatic carbocycles. The molecule has 1 aromatic carbocycles. The highest BCUT2D eigenvalue weighted by molar-refractivity contribution is 5.36. The van der Waals surface area contributed by atoms with E-state index in [2.05, 4.69) is 4.74 Å². The van der Waals surface area contributed by atoms with Gasteiger partial charge in [0.05, 0.1) is 12.1 Å². The molecule has 6 heteroatoms. The van der Waals surface area contributed by atoms with Gasteiger partial charge in [-0.15, -0.1) is 13.2 Å². The van der Waals surface area contributed by atoms with E-state index in [1.807, 2.05) is 6.92 Å². The first kappa shape index (κ1) is 14.1. The number of halogens is 3. The van der Waals surface area contributed by atoms with Crippen LogP contribution in [0.25, 0.3) is 0 Å². The zero-order chi connectivity index (χ0) is 14.0. The van der Waals surface area contributed by atoms with Crippen LogP contribution in [0.5, 0.6) is 5.75 Å². The van der Waals surface area contributed by atoms with Crippen LogP contribution in [0, 0.1) is 5.92 Å². The van der Waals surface area contributed by atoms with Gasteiger partial charge in [0.1, 0.15) is 5.75 Å². The van der Waals surface area contributed by atoms with E-state index in [0.29, 0.717) is 12.2 Å². The van der Waals surface area contributed by atoms with Crippen molar-refractivity contribution in [1.29, 1.82) is 0 Å². The lowest BCUT2D eigenvalue weighted by Gasteiger charge is -2.24. The number of nitrogens with two attached hydrogens (primary N) is 1. The predicted molar refractivity (Wildman–Crippen MR) is 63.6 cm³/mol. The number of ether oxygens (including phenoxy) is 2. The molecule has 1 aliphatic heterocycles. The van der Waals surface area contributed by atoms with Crippen molar-refractivity contribution in [1.82, 2.24) is 0 Å². The minimum Gasteiger partial charge on any atom is -0.405 e.